The number of halogens is 3. The van der Waals surface area contributed by atoms with Crippen LogP contribution in [0.1, 0.15) is 51.7 Å². The summed E-state index contributed by atoms with van der Waals surface area (Å²) in [5, 5.41) is 4.22. The Balaban J connectivity index is 0.000000143. The van der Waals surface area contributed by atoms with Gasteiger partial charge < -0.3 is 15.0 Å². The van der Waals surface area contributed by atoms with Gasteiger partial charge in [0.1, 0.15) is 11.0 Å². The number of fused-ring (bicyclic) bond motifs is 2. The highest BCUT2D eigenvalue weighted by atomic mass is 35.5. The van der Waals surface area contributed by atoms with E-state index in [1.165, 1.54) is 41.5 Å². The van der Waals surface area contributed by atoms with Crippen molar-refractivity contribution < 1.29 is 4.74 Å². The lowest BCUT2D eigenvalue weighted by Crippen LogP contribution is -2.25. The molecule has 0 radical (unpaired) electrons. The molecule has 42 heavy (non-hydrogen) atoms. The second-order valence-corrected chi connectivity index (χ2v) is 12.5. The average molecular weight is 628 g/mol. The monoisotopic (exact) mass is 626 g/mol. The summed E-state index contributed by atoms with van der Waals surface area (Å²) in [4.78, 5) is 17.6. The normalized spacial score (nSPS) is 16.8. The molecule has 3 aliphatic heterocycles. The predicted molar refractivity (Wildman–Crippen MR) is 174 cm³/mol. The van der Waals surface area contributed by atoms with Crippen LogP contribution in [0.25, 0.3) is 0 Å². The molecule has 2 aromatic heterocycles. The minimum atomic E-state index is 0.119. The van der Waals surface area contributed by atoms with Crippen LogP contribution in [0, 0.1) is 0 Å². The fraction of sp³-hybridized carbons (Fsp3) is 0.375. The molecule has 10 heteroatoms. The smallest absolute Gasteiger partial charge is 0.224 e. The molecule has 4 aromatic rings. The van der Waals surface area contributed by atoms with E-state index in [1.807, 2.05) is 6.07 Å². The Kier molecular flexibility index (Phi) is 11.0. The summed E-state index contributed by atoms with van der Waals surface area (Å²) in [6, 6.07) is 20.4. The molecule has 1 fully saturated rings. The highest BCUT2D eigenvalue weighted by Gasteiger charge is 2.35. The predicted octanol–water partition coefficient (Wildman–Crippen LogP) is 8.53. The Morgan fingerprint density at radius 1 is 0.738 bits per heavy atom. The summed E-state index contributed by atoms with van der Waals surface area (Å²) >= 11 is 16.6. The van der Waals surface area contributed by atoms with Gasteiger partial charge in [-0.2, -0.15) is 0 Å². The minimum absolute atomic E-state index is 0.119. The molecule has 0 bridgehead atoms. The standard InChI is InChI=1S/C14H14ClN3.C10H13N.C4H2Cl2N2.C4H8O/c1-14(2)9-18(11-6-4-3-5-10(11)14)12-7-8-16-13(15)17-12;1-10(2)7-11-9-6-4-3-5-8(9)10;5-3-1-2-7-4(6)8-3;1-2-4-5-3-1/h3-8H,9H2,1-2H3;3-6,11H,7H2,1-2H3;1-2H;1-4H2. The zero-order valence-electron chi connectivity index (χ0n) is 24.4. The lowest BCUT2D eigenvalue weighted by atomic mass is 9.87. The highest BCUT2D eigenvalue weighted by molar-refractivity contribution is 6.31. The van der Waals surface area contributed by atoms with Crippen molar-refractivity contribution in [2.45, 2.75) is 51.4 Å². The maximum absolute atomic E-state index is 5.87. The summed E-state index contributed by atoms with van der Waals surface area (Å²) in [5.74, 6) is 0.855. The van der Waals surface area contributed by atoms with Crippen molar-refractivity contribution in [2.75, 3.05) is 36.5 Å². The van der Waals surface area contributed by atoms with Gasteiger partial charge in [0.05, 0.1) is 0 Å². The lowest BCUT2D eigenvalue weighted by molar-refractivity contribution is 0.198. The van der Waals surface area contributed by atoms with Gasteiger partial charge in [0.15, 0.2) is 0 Å². The van der Waals surface area contributed by atoms with Crippen LogP contribution in [0.15, 0.2) is 73.1 Å². The van der Waals surface area contributed by atoms with Gasteiger partial charge in [0.25, 0.3) is 0 Å². The van der Waals surface area contributed by atoms with Crippen molar-refractivity contribution in [3.63, 3.8) is 0 Å². The van der Waals surface area contributed by atoms with Crippen LogP contribution in [-0.4, -0.2) is 46.2 Å². The van der Waals surface area contributed by atoms with Gasteiger partial charge in [-0.3, -0.25) is 0 Å². The number of aromatic nitrogens is 4. The van der Waals surface area contributed by atoms with E-state index in [-0.39, 0.29) is 16.0 Å². The number of anilines is 3. The SMILES string of the molecule is C1CCOC1.CC1(C)CN(c2ccnc(Cl)n2)c2ccccc21.CC1(C)CNc2ccccc21.Clc1ccnc(Cl)n1. The number of nitrogens with one attached hydrogen (secondary N) is 1. The Hall–Kier alpha value is -2.97. The number of rotatable bonds is 1. The van der Waals surface area contributed by atoms with Gasteiger partial charge in [-0.25, -0.2) is 19.9 Å². The first kappa shape index (κ1) is 32.0. The van der Waals surface area contributed by atoms with Gasteiger partial charge in [-0.15, -0.1) is 0 Å². The number of para-hydroxylation sites is 2. The van der Waals surface area contributed by atoms with Crippen LogP contribution >= 0.6 is 34.8 Å². The van der Waals surface area contributed by atoms with Gasteiger partial charge >= 0.3 is 0 Å². The van der Waals surface area contributed by atoms with E-state index >= 15 is 0 Å². The molecule has 7 rings (SSSR count). The second kappa shape index (κ2) is 14.5. The van der Waals surface area contributed by atoms with Gasteiger partial charge in [0, 0.05) is 60.9 Å². The zero-order chi connectivity index (χ0) is 30.2. The molecule has 7 nitrogen and oxygen atoms in total. The summed E-state index contributed by atoms with van der Waals surface area (Å²) in [5.41, 5.74) is 5.74. The second-order valence-electron chi connectivity index (χ2n) is 11.4. The maximum atomic E-state index is 5.87. The average Bonchev–Trinajstić information content (AvgIpc) is 3.70. The Morgan fingerprint density at radius 3 is 1.93 bits per heavy atom. The van der Waals surface area contributed by atoms with Crippen molar-refractivity contribution in [1.29, 1.82) is 0 Å². The molecule has 5 heterocycles. The third-order valence-electron chi connectivity index (χ3n) is 7.16. The molecule has 1 saturated heterocycles. The van der Waals surface area contributed by atoms with Crippen molar-refractivity contribution in [2.24, 2.45) is 0 Å². The van der Waals surface area contributed by atoms with Crippen LogP contribution in [0.2, 0.25) is 15.7 Å². The quantitative estimate of drug-likeness (QED) is 0.167. The topological polar surface area (TPSA) is 76.1 Å². The van der Waals surface area contributed by atoms with Crippen molar-refractivity contribution in [1.82, 2.24) is 19.9 Å². The first-order chi connectivity index (χ1) is 20.1. The van der Waals surface area contributed by atoms with E-state index in [4.69, 9.17) is 39.5 Å². The summed E-state index contributed by atoms with van der Waals surface area (Å²) < 4.78 is 4.94. The molecule has 0 unspecified atom stereocenters. The largest absolute Gasteiger partial charge is 0.384 e. The maximum Gasteiger partial charge on any atom is 0.224 e. The number of nitrogens with zero attached hydrogens (tertiary/aromatic N) is 5. The van der Waals surface area contributed by atoms with Crippen LogP contribution < -0.4 is 10.2 Å². The van der Waals surface area contributed by atoms with E-state index in [1.54, 1.807) is 12.3 Å². The van der Waals surface area contributed by atoms with Gasteiger partial charge in [-0.05, 0) is 71.4 Å². The molecule has 3 aliphatic rings. The van der Waals surface area contributed by atoms with E-state index in [0.717, 1.165) is 32.1 Å². The third-order valence-corrected chi connectivity index (χ3v) is 7.74. The van der Waals surface area contributed by atoms with E-state index in [9.17, 15) is 0 Å². The summed E-state index contributed by atoms with van der Waals surface area (Å²) in [6.45, 7) is 13.0. The van der Waals surface area contributed by atoms with Crippen molar-refractivity contribution >= 4 is 52.0 Å². The third kappa shape index (κ3) is 8.54. The lowest BCUT2D eigenvalue weighted by Gasteiger charge is -2.21. The molecule has 1 N–H and O–H groups in total. The van der Waals surface area contributed by atoms with Crippen LogP contribution in [0.3, 0.4) is 0 Å². The highest BCUT2D eigenvalue weighted by Crippen LogP contribution is 2.43. The summed E-state index contributed by atoms with van der Waals surface area (Å²) in [6.07, 6.45) is 5.75. The Bertz CT molecular complexity index is 1440. The fourth-order valence-electron chi connectivity index (χ4n) is 4.99. The number of ether oxygens (including phenoxy) is 1. The molecule has 222 valence electrons. The number of benzene rings is 2. The molecule has 0 saturated carbocycles. The fourth-order valence-corrected chi connectivity index (χ4v) is 5.46. The van der Waals surface area contributed by atoms with E-state index in [0.29, 0.717) is 10.6 Å². The molecular formula is C32H37Cl3N6O. The molecule has 2 aromatic carbocycles. The molecule has 0 spiro atoms. The zero-order valence-corrected chi connectivity index (χ0v) is 26.7. The number of hydrogen-bond acceptors (Lipinski definition) is 7. The minimum Gasteiger partial charge on any atom is -0.384 e. The van der Waals surface area contributed by atoms with Crippen LogP contribution in [0.5, 0.6) is 0 Å². The Labute approximate surface area is 263 Å². The molecule has 0 atom stereocenters. The van der Waals surface area contributed by atoms with E-state index < -0.39 is 0 Å². The van der Waals surface area contributed by atoms with Crippen LogP contribution in [-0.2, 0) is 15.6 Å². The van der Waals surface area contributed by atoms with Gasteiger partial charge in [-0.1, -0.05) is 75.7 Å². The van der Waals surface area contributed by atoms with Crippen molar-refractivity contribution in [3.05, 3.63) is 99.9 Å². The molecular weight excluding hydrogens is 591 g/mol. The molecule has 0 amide bonds. The van der Waals surface area contributed by atoms with Crippen molar-refractivity contribution in [3.8, 4) is 0 Å². The summed E-state index contributed by atoms with van der Waals surface area (Å²) in [7, 11) is 0. The first-order valence-electron chi connectivity index (χ1n) is 14.0. The number of hydrogen-bond donors (Lipinski definition) is 1. The Morgan fingerprint density at radius 2 is 1.36 bits per heavy atom. The molecule has 0 aliphatic carbocycles. The van der Waals surface area contributed by atoms with Gasteiger partial charge in [0.2, 0.25) is 10.6 Å². The van der Waals surface area contributed by atoms with Crippen LogP contribution in [0.4, 0.5) is 17.2 Å². The first-order valence-corrected chi connectivity index (χ1v) is 15.1. The van der Waals surface area contributed by atoms with E-state index in [2.05, 4.69) is 106 Å².